The number of benzene rings is 1. The minimum atomic E-state index is 0.167. The van der Waals surface area contributed by atoms with Crippen molar-refractivity contribution in [3.8, 4) is 0 Å². The third-order valence-corrected chi connectivity index (χ3v) is 3.62. The highest BCUT2D eigenvalue weighted by Gasteiger charge is 2.17. The molecule has 2 N–H and O–H groups in total. The molecule has 2 nitrogen and oxygen atoms in total. The Bertz CT molecular complexity index is 331. The van der Waals surface area contributed by atoms with E-state index < -0.39 is 0 Å². The van der Waals surface area contributed by atoms with Crippen LogP contribution in [0.25, 0.3) is 0 Å². The van der Waals surface area contributed by atoms with Crippen LogP contribution in [0.15, 0.2) is 24.3 Å². The summed E-state index contributed by atoms with van der Waals surface area (Å²) in [6, 6.07) is 9.30. The van der Waals surface area contributed by atoms with Crippen molar-refractivity contribution in [3.63, 3.8) is 0 Å². The Morgan fingerprint density at radius 2 is 1.72 bits per heavy atom. The Kier molecular flexibility index (Phi) is 6.37. The summed E-state index contributed by atoms with van der Waals surface area (Å²) in [5, 5.41) is 13.0. The predicted molar refractivity (Wildman–Crippen MR) is 77.7 cm³/mol. The zero-order chi connectivity index (χ0) is 13.5. The Balaban J connectivity index is 2.75. The van der Waals surface area contributed by atoms with Crippen molar-refractivity contribution in [2.24, 2.45) is 5.92 Å². The normalized spacial score (nSPS) is 14.8. The quantitative estimate of drug-likeness (QED) is 0.777. The summed E-state index contributed by atoms with van der Waals surface area (Å²) in [6.45, 7) is 8.83. The molecule has 2 heteroatoms. The standard InChI is InChI=1S/C16H27NO/c1-5-13-7-9-14(10-8-13)15(6-2)17-16(11-18)12(3)4/h7-10,12,15-18H,5-6,11H2,1-4H3. The van der Waals surface area contributed by atoms with Crippen LogP contribution in [0, 0.1) is 5.92 Å². The van der Waals surface area contributed by atoms with E-state index in [2.05, 4.69) is 57.3 Å². The third kappa shape index (κ3) is 4.11. The van der Waals surface area contributed by atoms with Gasteiger partial charge in [-0.05, 0) is 29.9 Å². The highest BCUT2D eigenvalue weighted by molar-refractivity contribution is 5.25. The van der Waals surface area contributed by atoms with E-state index in [1.807, 2.05) is 0 Å². The lowest BCUT2D eigenvalue weighted by Gasteiger charge is -2.26. The van der Waals surface area contributed by atoms with Crippen molar-refractivity contribution in [3.05, 3.63) is 35.4 Å². The molecule has 0 aliphatic carbocycles. The van der Waals surface area contributed by atoms with E-state index in [1.165, 1.54) is 11.1 Å². The lowest BCUT2D eigenvalue weighted by molar-refractivity contribution is 0.198. The van der Waals surface area contributed by atoms with Gasteiger partial charge in [0.25, 0.3) is 0 Å². The molecule has 2 atom stereocenters. The van der Waals surface area contributed by atoms with E-state index in [0.29, 0.717) is 12.0 Å². The third-order valence-electron chi connectivity index (χ3n) is 3.62. The van der Waals surface area contributed by atoms with Crippen molar-refractivity contribution < 1.29 is 5.11 Å². The molecule has 0 aromatic heterocycles. The lowest BCUT2D eigenvalue weighted by atomic mass is 9.98. The molecule has 0 bridgehead atoms. The molecule has 1 aromatic rings. The van der Waals surface area contributed by atoms with Gasteiger partial charge in [-0.3, -0.25) is 0 Å². The van der Waals surface area contributed by atoms with Gasteiger partial charge in [0.15, 0.2) is 0 Å². The van der Waals surface area contributed by atoms with Crippen LogP contribution in [0.3, 0.4) is 0 Å². The van der Waals surface area contributed by atoms with Crippen molar-refractivity contribution in [1.29, 1.82) is 0 Å². The van der Waals surface area contributed by atoms with Gasteiger partial charge in [-0.15, -0.1) is 0 Å². The average molecular weight is 249 g/mol. The fourth-order valence-electron chi connectivity index (χ4n) is 2.15. The monoisotopic (exact) mass is 249 g/mol. The van der Waals surface area contributed by atoms with E-state index in [0.717, 1.165) is 12.8 Å². The molecular formula is C16H27NO. The van der Waals surface area contributed by atoms with Gasteiger partial charge in [0, 0.05) is 12.1 Å². The average Bonchev–Trinajstić information content (AvgIpc) is 2.40. The second kappa shape index (κ2) is 7.55. The smallest absolute Gasteiger partial charge is 0.0587 e. The van der Waals surface area contributed by atoms with Gasteiger partial charge in [0.2, 0.25) is 0 Å². The molecule has 0 amide bonds. The van der Waals surface area contributed by atoms with Gasteiger partial charge >= 0.3 is 0 Å². The van der Waals surface area contributed by atoms with Gasteiger partial charge in [0.1, 0.15) is 0 Å². The topological polar surface area (TPSA) is 32.3 Å². The highest BCUT2D eigenvalue weighted by Crippen LogP contribution is 2.19. The van der Waals surface area contributed by atoms with Crippen LogP contribution in [-0.4, -0.2) is 17.8 Å². The second-order valence-electron chi connectivity index (χ2n) is 5.26. The molecule has 0 heterocycles. The largest absolute Gasteiger partial charge is 0.395 e. The molecule has 0 saturated carbocycles. The van der Waals surface area contributed by atoms with Gasteiger partial charge in [-0.2, -0.15) is 0 Å². The number of aliphatic hydroxyl groups is 1. The van der Waals surface area contributed by atoms with E-state index >= 15 is 0 Å². The van der Waals surface area contributed by atoms with Crippen LogP contribution in [-0.2, 0) is 6.42 Å². The summed E-state index contributed by atoms with van der Waals surface area (Å²) in [5.41, 5.74) is 2.69. The molecule has 0 radical (unpaired) electrons. The number of hydrogen-bond acceptors (Lipinski definition) is 2. The van der Waals surface area contributed by atoms with Gasteiger partial charge in [-0.25, -0.2) is 0 Å². The molecule has 0 spiro atoms. The minimum absolute atomic E-state index is 0.167. The molecule has 1 rings (SSSR count). The van der Waals surface area contributed by atoms with Crippen LogP contribution in [0.4, 0.5) is 0 Å². The molecule has 0 aliphatic heterocycles. The maximum Gasteiger partial charge on any atom is 0.0587 e. The van der Waals surface area contributed by atoms with Crippen LogP contribution in [0.2, 0.25) is 0 Å². The van der Waals surface area contributed by atoms with E-state index in [-0.39, 0.29) is 12.6 Å². The first-order valence-corrected chi connectivity index (χ1v) is 7.08. The first-order chi connectivity index (χ1) is 8.62. The molecule has 0 fully saturated rings. The van der Waals surface area contributed by atoms with Crippen molar-refractivity contribution in [2.75, 3.05) is 6.61 Å². The maximum absolute atomic E-state index is 9.41. The molecule has 1 aromatic carbocycles. The van der Waals surface area contributed by atoms with Crippen LogP contribution >= 0.6 is 0 Å². The SMILES string of the molecule is CCc1ccc(C(CC)NC(CO)C(C)C)cc1. The Hall–Kier alpha value is -0.860. The van der Waals surface area contributed by atoms with Gasteiger partial charge < -0.3 is 10.4 Å². The number of rotatable bonds is 7. The number of hydrogen-bond donors (Lipinski definition) is 2. The Labute approximate surface area is 111 Å². The maximum atomic E-state index is 9.41. The highest BCUT2D eigenvalue weighted by atomic mass is 16.3. The molecule has 102 valence electrons. The molecule has 18 heavy (non-hydrogen) atoms. The van der Waals surface area contributed by atoms with E-state index in [4.69, 9.17) is 0 Å². The fourth-order valence-corrected chi connectivity index (χ4v) is 2.15. The molecule has 0 aliphatic rings. The summed E-state index contributed by atoms with van der Waals surface area (Å²) >= 11 is 0. The van der Waals surface area contributed by atoms with Crippen LogP contribution in [0.5, 0.6) is 0 Å². The Morgan fingerprint density at radius 3 is 2.11 bits per heavy atom. The summed E-state index contributed by atoms with van der Waals surface area (Å²) in [7, 11) is 0. The van der Waals surface area contributed by atoms with Gasteiger partial charge in [-0.1, -0.05) is 52.0 Å². The number of aryl methyl sites for hydroxylation is 1. The first-order valence-electron chi connectivity index (χ1n) is 7.08. The van der Waals surface area contributed by atoms with Gasteiger partial charge in [0.05, 0.1) is 6.61 Å². The lowest BCUT2D eigenvalue weighted by Crippen LogP contribution is -2.39. The predicted octanol–water partition coefficient (Wildman–Crippen LogP) is 3.31. The summed E-state index contributed by atoms with van der Waals surface area (Å²) in [6.07, 6.45) is 2.12. The van der Waals surface area contributed by atoms with Crippen molar-refractivity contribution in [1.82, 2.24) is 5.32 Å². The molecular weight excluding hydrogens is 222 g/mol. The first kappa shape index (κ1) is 15.2. The number of nitrogens with one attached hydrogen (secondary N) is 1. The zero-order valence-corrected chi connectivity index (χ0v) is 12.1. The second-order valence-corrected chi connectivity index (χ2v) is 5.26. The van der Waals surface area contributed by atoms with Crippen molar-refractivity contribution in [2.45, 2.75) is 52.6 Å². The molecule has 0 saturated heterocycles. The minimum Gasteiger partial charge on any atom is -0.395 e. The number of aliphatic hydroxyl groups excluding tert-OH is 1. The summed E-state index contributed by atoms with van der Waals surface area (Å²) in [5.74, 6) is 0.443. The summed E-state index contributed by atoms with van der Waals surface area (Å²) in [4.78, 5) is 0. The fraction of sp³-hybridized carbons (Fsp3) is 0.625. The van der Waals surface area contributed by atoms with E-state index in [1.54, 1.807) is 0 Å². The zero-order valence-electron chi connectivity index (χ0n) is 12.1. The molecule has 2 unspecified atom stereocenters. The van der Waals surface area contributed by atoms with Crippen molar-refractivity contribution >= 4 is 0 Å². The van der Waals surface area contributed by atoms with Crippen LogP contribution < -0.4 is 5.32 Å². The summed E-state index contributed by atoms with van der Waals surface area (Å²) < 4.78 is 0. The Morgan fingerprint density at radius 1 is 1.11 bits per heavy atom. The van der Waals surface area contributed by atoms with Crippen LogP contribution in [0.1, 0.15) is 51.3 Å². The van der Waals surface area contributed by atoms with E-state index in [9.17, 15) is 5.11 Å².